The second-order valence-electron chi connectivity index (χ2n) is 9.03. The number of thioether (sulfide) groups is 1. The standard InChI is InChI=1S/C19H27N7OS/c1-11-3-12(2)26(24-11)17-22-23-18(25(17)20)28-10-16(27)21-19-7-13-4-14(8-19)6-15(5-13)9-19/h3,13-15H,4-10,20H2,1-2H3,(H,21,27). The molecule has 9 heteroatoms. The Hall–Kier alpha value is -2.03. The van der Waals surface area contributed by atoms with Gasteiger partial charge >= 0.3 is 0 Å². The van der Waals surface area contributed by atoms with Crippen molar-refractivity contribution in [3.63, 3.8) is 0 Å². The van der Waals surface area contributed by atoms with Gasteiger partial charge in [-0.15, -0.1) is 10.2 Å². The van der Waals surface area contributed by atoms with Crippen molar-refractivity contribution in [2.24, 2.45) is 17.8 Å². The highest BCUT2D eigenvalue weighted by atomic mass is 32.2. The van der Waals surface area contributed by atoms with Gasteiger partial charge in [-0.3, -0.25) is 4.79 Å². The molecule has 0 spiro atoms. The second kappa shape index (κ2) is 6.50. The Morgan fingerprint density at radius 1 is 1.21 bits per heavy atom. The van der Waals surface area contributed by atoms with Crippen molar-refractivity contribution < 1.29 is 4.79 Å². The summed E-state index contributed by atoms with van der Waals surface area (Å²) in [7, 11) is 0. The number of carbonyl (C=O) groups is 1. The molecular weight excluding hydrogens is 374 g/mol. The van der Waals surface area contributed by atoms with Crippen LogP contribution in [0.2, 0.25) is 0 Å². The van der Waals surface area contributed by atoms with Crippen LogP contribution >= 0.6 is 11.8 Å². The topological polar surface area (TPSA) is 104 Å². The number of nitrogens with one attached hydrogen (secondary N) is 1. The zero-order valence-electron chi connectivity index (χ0n) is 16.4. The number of nitrogens with two attached hydrogens (primary N) is 1. The summed E-state index contributed by atoms with van der Waals surface area (Å²) in [6, 6.07) is 1.96. The van der Waals surface area contributed by atoms with Gasteiger partial charge in [-0.1, -0.05) is 11.8 Å². The first kappa shape index (κ1) is 18.0. The molecule has 0 saturated heterocycles. The molecule has 4 saturated carbocycles. The van der Waals surface area contributed by atoms with Crippen LogP contribution in [0.25, 0.3) is 5.95 Å². The SMILES string of the molecule is Cc1cc(C)n(-c2nnc(SCC(=O)NC34CC5CC(CC(C5)C3)C4)n2N)n1. The number of hydrogen-bond acceptors (Lipinski definition) is 6. The number of nitrogen functional groups attached to an aromatic ring is 1. The fourth-order valence-corrected chi connectivity index (χ4v) is 6.72. The molecule has 2 heterocycles. The number of rotatable bonds is 5. The number of nitrogens with zero attached hydrogens (tertiary/aromatic N) is 5. The van der Waals surface area contributed by atoms with Gasteiger partial charge in [0.1, 0.15) is 0 Å². The lowest BCUT2D eigenvalue weighted by atomic mass is 9.53. The summed E-state index contributed by atoms with van der Waals surface area (Å²) >= 11 is 1.32. The average Bonchev–Trinajstić information content (AvgIpc) is 3.12. The molecule has 0 aromatic carbocycles. The molecule has 8 nitrogen and oxygen atoms in total. The Morgan fingerprint density at radius 2 is 1.86 bits per heavy atom. The predicted molar refractivity (Wildman–Crippen MR) is 107 cm³/mol. The minimum Gasteiger partial charge on any atom is -0.350 e. The van der Waals surface area contributed by atoms with Crippen LogP contribution in [-0.2, 0) is 4.79 Å². The summed E-state index contributed by atoms with van der Waals surface area (Å²) in [5, 5.41) is 16.6. The van der Waals surface area contributed by atoms with Crippen LogP contribution in [0.4, 0.5) is 0 Å². The molecule has 1 amide bonds. The zero-order chi connectivity index (χ0) is 19.5. The summed E-state index contributed by atoms with van der Waals surface area (Å²) in [4.78, 5) is 12.7. The lowest BCUT2D eigenvalue weighted by molar-refractivity contribution is -0.124. The normalized spacial score (nSPS) is 30.7. The van der Waals surface area contributed by atoms with Gasteiger partial charge in [0.2, 0.25) is 11.1 Å². The van der Waals surface area contributed by atoms with E-state index < -0.39 is 0 Å². The van der Waals surface area contributed by atoms with Crippen molar-refractivity contribution in [1.82, 2.24) is 30.0 Å². The number of aryl methyl sites for hydroxylation is 2. The van der Waals surface area contributed by atoms with E-state index in [4.69, 9.17) is 5.84 Å². The van der Waals surface area contributed by atoms with E-state index in [1.165, 1.54) is 35.7 Å². The fourth-order valence-electron chi connectivity index (χ4n) is 6.07. The summed E-state index contributed by atoms with van der Waals surface area (Å²) in [6.07, 6.45) is 7.58. The van der Waals surface area contributed by atoms with Crippen molar-refractivity contribution >= 4 is 17.7 Å². The van der Waals surface area contributed by atoms with E-state index in [2.05, 4.69) is 20.6 Å². The number of aromatic nitrogens is 5. The number of carbonyl (C=O) groups excluding carboxylic acids is 1. The molecule has 4 aliphatic rings. The molecule has 0 radical (unpaired) electrons. The van der Waals surface area contributed by atoms with Crippen LogP contribution in [0.15, 0.2) is 11.2 Å². The molecule has 4 bridgehead atoms. The van der Waals surface area contributed by atoms with Gasteiger partial charge in [-0.25, -0.2) is 9.36 Å². The maximum Gasteiger partial charge on any atom is 0.271 e. The third kappa shape index (κ3) is 3.09. The van der Waals surface area contributed by atoms with Crippen LogP contribution in [-0.4, -0.2) is 41.9 Å². The second-order valence-corrected chi connectivity index (χ2v) is 9.97. The smallest absolute Gasteiger partial charge is 0.271 e. The Balaban J connectivity index is 1.24. The third-order valence-corrected chi connectivity index (χ3v) is 7.56. The maximum atomic E-state index is 12.7. The van der Waals surface area contributed by atoms with Gasteiger partial charge in [-0.2, -0.15) is 5.10 Å². The first-order valence-corrected chi connectivity index (χ1v) is 11.1. The quantitative estimate of drug-likeness (QED) is 0.586. The number of hydrogen-bond donors (Lipinski definition) is 2. The van der Waals surface area contributed by atoms with Gasteiger partial charge in [0, 0.05) is 11.2 Å². The Labute approximate surface area is 168 Å². The summed E-state index contributed by atoms with van der Waals surface area (Å²) in [5.74, 6) is 9.43. The van der Waals surface area contributed by atoms with Crippen molar-refractivity contribution in [2.45, 2.75) is 63.1 Å². The minimum atomic E-state index is 0.0393. The van der Waals surface area contributed by atoms with Gasteiger partial charge in [-0.05, 0) is 76.2 Å². The zero-order valence-corrected chi connectivity index (χ0v) is 17.2. The molecule has 2 aromatic rings. The highest BCUT2D eigenvalue weighted by molar-refractivity contribution is 7.99. The minimum absolute atomic E-state index is 0.0393. The Kier molecular flexibility index (Phi) is 4.19. The van der Waals surface area contributed by atoms with E-state index in [1.54, 1.807) is 4.68 Å². The van der Waals surface area contributed by atoms with E-state index >= 15 is 0 Å². The van der Waals surface area contributed by atoms with Crippen LogP contribution < -0.4 is 11.2 Å². The third-order valence-electron chi connectivity index (χ3n) is 6.62. The van der Waals surface area contributed by atoms with Gasteiger partial charge in [0.05, 0.1) is 11.4 Å². The molecule has 28 heavy (non-hydrogen) atoms. The molecule has 2 aromatic heterocycles. The van der Waals surface area contributed by atoms with E-state index in [1.807, 2.05) is 19.9 Å². The lowest BCUT2D eigenvalue weighted by Crippen LogP contribution is -2.60. The van der Waals surface area contributed by atoms with Crippen LogP contribution in [0.3, 0.4) is 0 Å². The lowest BCUT2D eigenvalue weighted by Gasteiger charge is -2.56. The Morgan fingerprint density at radius 3 is 2.43 bits per heavy atom. The molecule has 0 atom stereocenters. The summed E-state index contributed by atoms with van der Waals surface area (Å²) < 4.78 is 3.07. The van der Waals surface area contributed by atoms with Crippen molar-refractivity contribution in [3.05, 3.63) is 17.5 Å². The molecule has 6 rings (SSSR count). The molecule has 4 aliphatic carbocycles. The monoisotopic (exact) mass is 401 g/mol. The fraction of sp³-hybridized carbons (Fsp3) is 0.684. The van der Waals surface area contributed by atoms with E-state index in [0.29, 0.717) is 16.9 Å². The first-order valence-electron chi connectivity index (χ1n) is 10.1. The van der Waals surface area contributed by atoms with Crippen LogP contribution in [0.5, 0.6) is 0 Å². The molecular formula is C19H27N7OS. The van der Waals surface area contributed by atoms with E-state index in [9.17, 15) is 4.79 Å². The maximum absolute atomic E-state index is 12.7. The first-order chi connectivity index (χ1) is 13.4. The summed E-state index contributed by atoms with van der Waals surface area (Å²) in [5.41, 5.74) is 1.87. The summed E-state index contributed by atoms with van der Waals surface area (Å²) in [6.45, 7) is 3.87. The molecule has 150 valence electrons. The van der Waals surface area contributed by atoms with Crippen molar-refractivity contribution in [3.8, 4) is 5.95 Å². The van der Waals surface area contributed by atoms with Gasteiger partial charge in [0.25, 0.3) is 5.95 Å². The van der Waals surface area contributed by atoms with E-state index in [0.717, 1.165) is 48.4 Å². The average molecular weight is 402 g/mol. The molecule has 4 fully saturated rings. The predicted octanol–water partition coefficient (Wildman–Crippen LogP) is 1.97. The molecule has 0 aliphatic heterocycles. The number of amides is 1. The van der Waals surface area contributed by atoms with E-state index in [-0.39, 0.29) is 11.4 Å². The van der Waals surface area contributed by atoms with Crippen LogP contribution in [0.1, 0.15) is 49.9 Å². The van der Waals surface area contributed by atoms with Crippen molar-refractivity contribution in [1.29, 1.82) is 0 Å². The molecule has 3 N–H and O–H groups in total. The highest BCUT2D eigenvalue weighted by Crippen LogP contribution is 2.55. The Bertz CT molecular complexity index is 882. The van der Waals surface area contributed by atoms with Gasteiger partial charge in [0.15, 0.2) is 0 Å². The largest absolute Gasteiger partial charge is 0.350 e. The van der Waals surface area contributed by atoms with Crippen LogP contribution in [0, 0.1) is 31.6 Å². The highest BCUT2D eigenvalue weighted by Gasteiger charge is 2.51. The van der Waals surface area contributed by atoms with Gasteiger partial charge < -0.3 is 11.2 Å². The van der Waals surface area contributed by atoms with Crippen molar-refractivity contribution in [2.75, 3.05) is 11.6 Å². The molecule has 0 unspecified atom stereocenters.